The van der Waals surface area contributed by atoms with Gasteiger partial charge in [0.1, 0.15) is 6.04 Å². The summed E-state index contributed by atoms with van der Waals surface area (Å²) >= 11 is 0. The van der Waals surface area contributed by atoms with Crippen LogP contribution < -0.4 is 5.32 Å². The summed E-state index contributed by atoms with van der Waals surface area (Å²) in [6, 6.07) is 8.37. The first-order valence-electron chi connectivity index (χ1n) is 8.54. The number of nitrogens with zero attached hydrogens (tertiary/aromatic N) is 4. The second kappa shape index (κ2) is 8.93. The van der Waals surface area contributed by atoms with Gasteiger partial charge in [-0.2, -0.15) is 0 Å². The molecule has 0 aliphatic heterocycles. The van der Waals surface area contributed by atoms with E-state index in [0.29, 0.717) is 11.4 Å². The van der Waals surface area contributed by atoms with E-state index < -0.39 is 17.9 Å². The minimum atomic E-state index is -1.11. The van der Waals surface area contributed by atoms with Crippen LogP contribution in [0, 0.1) is 6.92 Å². The largest absolute Gasteiger partial charge is 0.480 e. The molecule has 0 bridgehead atoms. The Labute approximate surface area is 157 Å². The van der Waals surface area contributed by atoms with Crippen LogP contribution in [0.15, 0.2) is 30.3 Å². The number of carboxylic acid groups (broad SMARTS) is 1. The molecule has 1 aromatic carbocycles. The molecule has 0 aliphatic rings. The predicted molar refractivity (Wildman–Crippen MR) is 97.3 cm³/mol. The molecule has 2 rings (SSSR count). The van der Waals surface area contributed by atoms with Crippen LogP contribution in [0.3, 0.4) is 0 Å². The predicted octanol–water partition coefficient (Wildman–Crippen LogP) is 0.556. The van der Waals surface area contributed by atoms with E-state index in [1.165, 1.54) is 18.7 Å². The molecule has 9 heteroatoms. The minimum absolute atomic E-state index is 0.0731. The first-order chi connectivity index (χ1) is 12.8. The van der Waals surface area contributed by atoms with E-state index in [-0.39, 0.29) is 25.4 Å². The maximum Gasteiger partial charge on any atom is 0.326 e. The first-order valence-corrected chi connectivity index (χ1v) is 8.54. The van der Waals surface area contributed by atoms with E-state index in [1.807, 2.05) is 30.3 Å². The average molecular weight is 373 g/mol. The van der Waals surface area contributed by atoms with Gasteiger partial charge in [-0.3, -0.25) is 9.59 Å². The lowest BCUT2D eigenvalue weighted by atomic mass is 10.2. The molecule has 0 fully saturated rings. The van der Waals surface area contributed by atoms with Crippen LogP contribution in [-0.2, 0) is 20.8 Å². The van der Waals surface area contributed by atoms with Crippen molar-refractivity contribution < 1.29 is 19.5 Å². The van der Waals surface area contributed by atoms with E-state index >= 15 is 0 Å². The lowest BCUT2D eigenvalue weighted by Crippen LogP contribution is -2.47. The second-order valence-electron chi connectivity index (χ2n) is 6.13. The first kappa shape index (κ1) is 20.1. The molecule has 1 unspecified atom stereocenters. The minimum Gasteiger partial charge on any atom is -0.480 e. The third-order valence-corrected chi connectivity index (χ3v) is 4.18. The zero-order valence-corrected chi connectivity index (χ0v) is 15.5. The topological polar surface area (TPSA) is 117 Å². The van der Waals surface area contributed by atoms with Crippen LogP contribution in [0.25, 0.3) is 5.69 Å². The monoisotopic (exact) mass is 373 g/mol. The highest BCUT2D eigenvalue weighted by Gasteiger charge is 2.26. The molecule has 144 valence electrons. The SMILES string of the molecule is CC(=O)NCCN(C(=O)Cc1nnn(-c2ccccc2)c1C)C(C)C(=O)O. The lowest BCUT2D eigenvalue weighted by molar-refractivity contribution is -0.149. The van der Waals surface area contributed by atoms with Gasteiger partial charge < -0.3 is 15.3 Å². The number of amides is 2. The standard InChI is InChI=1S/C18H23N5O4/c1-12-16(20-21-23(12)15-7-5-4-6-8-15)11-17(25)22(13(2)18(26)27)10-9-19-14(3)24/h4-8,13H,9-11H2,1-3H3,(H,19,24)(H,26,27). The number of para-hydroxylation sites is 1. The van der Waals surface area contributed by atoms with Crippen molar-refractivity contribution >= 4 is 17.8 Å². The van der Waals surface area contributed by atoms with E-state index in [9.17, 15) is 19.5 Å². The average Bonchev–Trinajstić information content (AvgIpc) is 2.99. The maximum atomic E-state index is 12.7. The van der Waals surface area contributed by atoms with Gasteiger partial charge in [0.15, 0.2) is 0 Å². The molecule has 0 spiro atoms. The number of carbonyl (C=O) groups is 3. The Hall–Kier alpha value is -3.23. The summed E-state index contributed by atoms with van der Waals surface area (Å²) in [5.74, 6) is -1.75. The Kier molecular flexibility index (Phi) is 6.64. The van der Waals surface area contributed by atoms with Crippen molar-refractivity contribution in [3.8, 4) is 5.69 Å². The normalized spacial score (nSPS) is 11.7. The lowest BCUT2D eigenvalue weighted by Gasteiger charge is -2.26. The van der Waals surface area contributed by atoms with Gasteiger partial charge in [0.2, 0.25) is 11.8 Å². The molecular formula is C18H23N5O4. The highest BCUT2D eigenvalue weighted by Crippen LogP contribution is 2.13. The second-order valence-corrected chi connectivity index (χ2v) is 6.13. The number of hydrogen-bond donors (Lipinski definition) is 2. The third kappa shape index (κ3) is 5.13. The smallest absolute Gasteiger partial charge is 0.326 e. The van der Waals surface area contributed by atoms with Crippen LogP contribution >= 0.6 is 0 Å². The van der Waals surface area contributed by atoms with Gasteiger partial charge in [-0.25, -0.2) is 9.48 Å². The number of carboxylic acids is 1. The van der Waals surface area contributed by atoms with Gasteiger partial charge in [-0.1, -0.05) is 23.4 Å². The third-order valence-electron chi connectivity index (χ3n) is 4.18. The highest BCUT2D eigenvalue weighted by atomic mass is 16.4. The van der Waals surface area contributed by atoms with Crippen molar-refractivity contribution in [2.75, 3.05) is 13.1 Å². The quantitative estimate of drug-likeness (QED) is 0.698. The summed E-state index contributed by atoms with van der Waals surface area (Å²) in [7, 11) is 0. The Balaban J connectivity index is 2.15. The van der Waals surface area contributed by atoms with Crippen LogP contribution in [0.2, 0.25) is 0 Å². The number of nitrogens with one attached hydrogen (secondary N) is 1. The molecule has 9 nitrogen and oxygen atoms in total. The number of benzene rings is 1. The molecule has 1 heterocycles. The molecule has 1 atom stereocenters. The summed E-state index contributed by atoms with van der Waals surface area (Å²) in [6.07, 6.45) is -0.0731. The highest BCUT2D eigenvalue weighted by molar-refractivity contribution is 5.84. The molecule has 2 N–H and O–H groups in total. The summed E-state index contributed by atoms with van der Waals surface area (Å²) in [6.45, 7) is 4.86. The molecule has 0 saturated carbocycles. The zero-order chi connectivity index (χ0) is 20.0. The van der Waals surface area contributed by atoms with E-state index in [0.717, 1.165) is 5.69 Å². The zero-order valence-electron chi connectivity index (χ0n) is 15.5. The Morgan fingerprint density at radius 1 is 1.26 bits per heavy atom. The van der Waals surface area contributed by atoms with Gasteiger partial charge in [0.25, 0.3) is 0 Å². The van der Waals surface area contributed by atoms with Crippen molar-refractivity contribution in [2.45, 2.75) is 33.2 Å². The molecule has 2 aromatic rings. The molecule has 1 aromatic heterocycles. The number of carbonyl (C=O) groups excluding carboxylic acids is 2. The van der Waals surface area contributed by atoms with E-state index in [1.54, 1.807) is 11.6 Å². The van der Waals surface area contributed by atoms with Crippen molar-refractivity contribution in [1.29, 1.82) is 0 Å². The number of aliphatic carboxylic acids is 1. The Morgan fingerprint density at radius 2 is 1.93 bits per heavy atom. The summed E-state index contributed by atoms with van der Waals surface area (Å²) in [5.41, 5.74) is 2.01. The Morgan fingerprint density at radius 3 is 2.52 bits per heavy atom. The molecular weight excluding hydrogens is 350 g/mol. The van der Waals surface area contributed by atoms with Gasteiger partial charge in [-0.15, -0.1) is 5.10 Å². The molecule has 2 amide bonds. The van der Waals surface area contributed by atoms with E-state index in [2.05, 4.69) is 15.6 Å². The summed E-state index contributed by atoms with van der Waals surface area (Å²) < 4.78 is 1.63. The van der Waals surface area contributed by atoms with Crippen molar-refractivity contribution in [2.24, 2.45) is 0 Å². The van der Waals surface area contributed by atoms with Crippen LogP contribution in [-0.4, -0.2) is 61.9 Å². The van der Waals surface area contributed by atoms with Crippen molar-refractivity contribution in [1.82, 2.24) is 25.2 Å². The van der Waals surface area contributed by atoms with Crippen LogP contribution in [0.4, 0.5) is 0 Å². The van der Waals surface area contributed by atoms with Crippen molar-refractivity contribution in [3.05, 3.63) is 41.7 Å². The number of rotatable bonds is 8. The molecule has 0 aliphatic carbocycles. The number of aromatic nitrogens is 3. The van der Waals surface area contributed by atoms with Gasteiger partial charge >= 0.3 is 5.97 Å². The number of hydrogen-bond acceptors (Lipinski definition) is 5. The fourth-order valence-corrected chi connectivity index (χ4v) is 2.60. The summed E-state index contributed by atoms with van der Waals surface area (Å²) in [5, 5.41) is 20.0. The van der Waals surface area contributed by atoms with Crippen LogP contribution in [0.1, 0.15) is 25.2 Å². The van der Waals surface area contributed by atoms with Crippen LogP contribution in [0.5, 0.6) is 0 Å². The van der Waals surface area contributed by atoms with Crippen molar-refractivity contribution in [3.63, 3.8) is 0 Å². The van der Waals surface area contributed by atoms with Gasteiger partial charge in [0, 0.05) is 20.0 Å². The maximum absolute atomic E-state index is 12.7. The van der Waals surface area contributed by atoms with E-state index in [4.69, 9.17) is 0 Å². The molecule has 0 saturated heterocycles. The molecule has 27 heavy (non-hydrogen) atoms. The Bertz CT molecular complexity index is 818. The fraction of sp³-hybridized carbons (Fsp3) is 0.389. The summed E-state index contributed by atoms with van der Waals surface area (Å²) in [4.78, 5) is 36.3. The fourth-order valence-electron chi connectivity index (χ4n) is 2.60. The molecule has 0 radical (unpaired) electrons. The van der Waals surface area contributed by atoms with Gasteiger partial charge in [-0.05, 0) is 26.0 Å². The van der Waals surface area contributed by atoms with Gasteiger partial charge in [0.05, 0.1) is 23.5 Å².